The summed E-state index contributed by atoms with van der Waals surface area (Å²) in [5, 5.41) is 9.94. The van der Waals surface area contributed by atoms with Gasteiger partial charge in [-0.3, -0.25) is 4.79 Å². The third-order valence-electron chi connectivity index (χ3n) is 2.75. The molecule has 0 bridgehead atoms. The number of hydrogen-bond acceptors (Lipinski definition) is 5. The van der Waals surface area contributed by atoms with E-state index in [1.807, 2.05) is 6.92 Å². The van der Waals surface area contributed by atoms with Crippen LogP contribution in [0.2, 0.25) is 5.02 Å². The van der Waals surface area contributed by atoms with E-state index in [-0.39, 0.29) is 16.6 Å². The number of phenolic OH excluding ortho intramolecular Hbond substituents is 1. The molecule has 110 valence electrons. The van der Waals surface area contributed by atoms with Crippen LogP contribution in [-0.2, 0) is 0 Å². The fourth-order valence-electron chi connectivity index (χ4n) is 1.74. The van der Waals surface area contributed by atoms with E-state index in [1.54, 1.807) is 30.6 Å². The Hall–Kier alpha value is -1.85. The molecule has 0 amide bonds. The second-order valence-electron chi connectivity index (χ2n) is 4.25. The second kappa shape index (κ2) is 6.74. The van der Waals surface area contributed by atoms with E-state index in [0.29, 0.717) is 28.5 Å². The molecule has 1 aromatic carbocycles. The maximum atomic E-state index is 12.0. The number of ether oxygens (including phenoxy) is 1. The van der Waals surface area contributed by atoms with E-state index < -0.39 is 0 Å². The number of aryl methyl sites for hydroxylation is 1. The third kappa shape index (κ3) is 3.62. The van der Waals surface area contributed by atoms with Gasteiger partial charge in [0.15, 0.2) is 17.3 Å². The SMILES string of the molecule is CCOc1cc(C=CC(=O)c2scnc2C)cc(Cl)c1O. The Kier molecular flexibility index (Phi) is 4.98. The number of allylic oxidation sites excluding steroid dienone is 1. The number of hydrogen-bond donors (Lipinski definition) is 1. The summed E-state index contributed by atoms with van der Waals surface area (Å²) < 4.78 is 5.30. The number of carbonyl (C=O) groups excluding carboxylic acids is 1. The minimum atomic E-state index is -0.114. The van der Waals surface area contributed by atoms with Gasteiger partial charge in [-0.15, -0.1) is 11.3 Å². The average Bonchev–Trinajstić information content (AvgIpc) is 2.88. The average molecular weight is 324 g/mol. The molecule has 0 radical (unpaired) electrons. The number of carbonyl (C=O) groups is 1. The highest BCUT2D eigenvalue weighted by Crippen LogP contribution is 2.35. The molecule has 0 aliphatic rings. The van der Waals surface area contributed by atoms with Gasteiger partial charge in [-0.25, -0.2) is 4.98 Å². The van der Waals surface area contributed by atoms with Crippen molar-refractivity contribution in [2.45, 2.75) is 13.8 Å². The molecule has 0 fully saturated rings. The Morgan fingerprint density at radius 3 is 2.90 bits per heavy atom. The van der Waals surface area contributed by atoms with Crippen molar-refractivity contribution in [3.8, 4) is 11.5 Å². The smallest absolute Gasteiger partial charge is 0.197 e. The molecule has 6 heteroatoms. The molecular formula is C15H14ClNO3S. The maximum Gasteiger partial charge on any atom is 0.197 e. The van der Waals surface area contributed by atoms with Crippen molar-refractivity contribution < 1.29 is 14.6 Å². The Morgan fingerprint density at radius 2 is 2.29 bits per heavy atom. The van der Waals surface area contributed by atoms with Crippen molar-refractivity contribution in [2.24, 2.45) is 0 Å². The van der Waals surface area contributed by atoms with Gasteiger partial charge < -0.3 is 9.84 Å². The van der Waals surface area contributed by atoms with Crippen LogP contribution in [-0.4, -0.2) is 22.5 Å². The summed E-state index contributed by atoms with van der Waals surface area (Å²) in [6.07, 6.45) is 3.09. The summed E-state index contributed by atoms with van der Waals surface area (Å²) in [5.74, 6) is 0.0866. The Labute approximate surface area is 131 Å². The Morgan fingerprint density at radius 1 is 1.52 bits per heavy atom. The van der Waals surface area contributed by atoms with Crippen molar-refractivity contribution in [1.29, 1.82) is 0 Å². The zero-order valence-corrected chi connectivity index (χ0v) is 13.2. The lowest BCUT2D eigenvalue weighted by atomic mass is 10.1. The van der Waals surface area contributed by atoms with Crippen LogP contribution in [0, 0.1) is 6.92 Å². The van der Waals surface area contributed by atoms with Gasteiger partial charge in [0, 0.05) is 0 Å². The Balaban J connectivity index is 2.25. The lowest BCUT2D eigenvalue weighted by Crippen LogP contribution is -1.94. The lowest BCUT2D eigenvalue weighted by Gasteiger charge is -2.08. The standard InChI is InChI=1S/C15H14ClNO3S/c1-3-20-13-7-10(6-11(16)14(13)19)4-5-12(18)15-9(2)17-8-21-15/h4-8,19H,3H2,1-2H3. The zero-order valence-electron chi connectivity index (χ0n) is 11.6. The van der Waals surface area contributed by atoms with Gasteiger partial charge in [-0.2, -0.15) is 0 Å². The summed E-state index contributed by atoms with van der Waals surface area (Å²) in [4.78, 5) is 16.7. The topological polar surface area (TPSA) is 59.4 Å². The normalized spacial score (nSPS) is 11.0. The fourth-order valence-corrected chi connectivity index (χ4v) is 2.68. The Bertz CT molecular complexity index is 694. The molecule has 2 rings (SSSR count). The van der Waals surface area contributed by atoms with Crippen molar-refractivity contribution in [3.05, 3.63) is 44.9 Å². The molecule has 2 aromatic rings. The first-order chi connectivity index (χ1) is 10.0. The molecule has 0 aliphatic carbocycles. The maximum absolute atomic E-state index is 12.0. The number of aromatic hydroxyl groups is 1. The van der Waals surface area contributed by atoms with E-state index in [4.69, 9.17) is 16.3 Å². The van der Waals surface area contributed by atoms with Gasteiger partial charge in [0.25, 0.3) is 0 Å². The second-order valence-corrected chi connectivity index (χ2v) is 5.51. The molecule has 1 heterocycles. The summed E-state index contributed by atoms with van der Waals surface area (Å²) in [7, 11) is 0. The summed E-state index contributed by atoms with van der Waals surface area (Å²) in [5.41, 5.74) is 3.03. The van der Waals surface area contributed by atoms with E-state index in [1.165, 1.54) is 17.4 Å². The molecule has 0 aliphatic heterocycles. The van der Waals surface area contributed by atoms with Crippen molar-refractivity contribution in [2.75, 3.05) is 6.61 Å². The number of benzene rings is 1. The molecule has 0 spiro atoms. The summed E-state index contributed by atoms with van der Waals surface area (Å²) in [6.45, 7) is 4.02. The van der Waals surface area contributed by atoms with E-state index >= 15 is 0 Å². The summed E-state index contributed by atoms with van der Waals surface area (Å²) in [6, 6.07) is 3.21. The van der Waals surface area contributed by atoms with Crippen LogP contribution < -0.4 is 4.74 Å². The largest absolute Gasteiger partial charge is 0.503 e. The van der Waals surface area contributed by atoms with Gasteiger partial charge >= 0.3 is 0 Å². The number of aromatic nitrogens is 1. The molecule has 4 nitrogen and oxygen atoms in total. The quantitative estimate of drug-likeness (QED) is 0.664. The first-order valence-corrected chi connectivity index (χ1v) is 7.56. The predicted molar refractivity (Wildman–Crippen MR) is 84.5 cm³/mol. The minimum absolute atomic E-state index is 0.0969. The highest BCUT2D eigenvalue weighted by atomic mass is 35.5. The molecule has 1 N–H and O–H groups in total. The highest BCUT2D eigenvalue weighted by molar-refractivity contribution is 7.12. The number of halogens is 1. The van der Waals surface area contributed by atoms with Gasteiger partial charge in [-0.1, -0.05) is 17.7 Å². The minimum Gasteiger partial charge on any atom is -0.503 e. The molecule has 1 aromatic heterocycles. The van der Waals surface area contributed by atoms with Crippen LogP contribution in [0.15, 0.2) is 23.7 Å². The van der Waals surface area contributed by atoms with Crippen molar-refractivity contribution in [1.82, 2.24) is 4.98 Å². The van der Waals surface area contributed by atoms with Crippen LogP contribution in [0.1, 0.15) is 27.9 Å². The number of nitrogens with zero attached hydrogens (tertiary/aromatic N) is 1. The first kappa shape index (κ1) is 15.5. The first-order valence-electron chi connectivity index (χ1n) is 6.30. The third-order valence-corrected chi connectivity index (χ3v) is 3.98. The molecule has 0 unspecified atom stereocenters. The van der Waals surface area contributed by atoms with Gasteiger partial charge in [-0.05, 0) is 37.6 Å². The highest BCUT2D eigenvalue weighted by Gasteiger charge is 2.10. The van der Waals surface area contributed by atoms with Gasteiger partial charge in [0.05, 0.1) is 27.7 Å². The van der Waals surface area contributed by atoms with Gasteiger partial charge in [0.1, 0.15) is 0 Å². The van der Waals surface area contributed by atoms with Crippen LogP contribution >= 0.6 is 22.9 Å². The zero-order chi connectivity index (χ0) is 15.4. The fraction of sp³-hybridized carbons (Fsp3) is 0.200. The van der Waals surface area contributed by atoms with Crippen molar-refractivity contribution in [3.63, 3.8) is 0 Å². The molecule has 21 heavy (non-hydrogen) atoms. The number of rotatable bonds is 5. The molecular weight excluding hydrogens is 310 g/mol. The van der Waals surface area contributed by atoms with E-state index in [2.05, 4.69) is 4.98 Å². The monoisotopic (exact) mass is 323 g/mol. The lowest BCUT2D eigenvalue weighted by molar-refractivity contribution is 0.105. The van der Waals surface area contributed by atoms with E-state index in [0.717, 1.165) is 0 Å². The molecule has 0 saturated heterocycles. The van der Waals surface area contributed by atoms with Gasteiger partial charge in [0.2, 0.25) is 0 Å². The van der Waals surface area contributed by atoms with Crippen LogP contribution in [0.4, 0.5) is 0 Å². The number of ketones is 1. The predicted octanol–water partition coefficient (Wildman–Crippen LogP) is 4.11. The number of phenols is 1. The molecule has 0 atom stereocenters. The number of thiazole rings is 1. The van der Waals surface area contributed by atoms with Crippen LogP contribution in [0.25, 0.3) is 6.08 Å². The van der Waals surface area contributed by atoms with Crippen molar-refractivity contribution >= 4 is 34.8 Å². The van der Waals surface area contributed by atoms with Crippen LogP contribution in [0.5, 0.6) is 11.5 Å². The van der Waals surface area contributed by atoms with E-state index in [9.17, 15) is 9.90 Å². The summed E-state index contributed by atoms with van der Waals surface area (Å²) >= 11 is 7.25. The molecule has 0 saturated carbocycles. The van der Waals surface area contributed by atoms with Crippen LogP contribution in [0.3, 0.4) is 0 Å².